The summed E-state index contributed by atoms with van der Waals surface area (Å²) in [6, 6.07) is 0. The normalized spacial score (nSPS) is 15.4. The molecule has 0 aliphatic rings. The van der Waals surface area contributed by atoms with Crippen molar-refractivity contribution in [3.63, 3.8) is 0 Å². The predicted molar refractivity (Wildman–Crippen MR) is 22.7 cm³/mol. The van der Waals surface area contributed by atoms with Crippen molar-refractivity contribution in [3.8, 4) is 0 Å². The molecule has 48 valence electrons. The van der Waals surface area contributed by atoms with Crippen LogP contribution in [0.5, 0.6) is 0 Å². The van der Waals surface area contributed by atoms with Gasteiger partial charge in [0.2, 0.25) is 0 Å². The summed E-state index contributed by atoms with van der Waals surface area (Å²) in [5.74, 6) is -1.67. The van der Waals surface area contributed by atoms with Crippen LogP contribution in [0.4, 0.5) is 0 Å². The number of carboxylic acid groups (broad SMARTS) is 1. The summed E-state index contributed by atoms with van der Waals surface area (Å²) >= 11 is 0. The van der Waals surface area contributed by atoms with Gasteiger partial charge in [-0.2, -0.15) is 0 Å². The first kappa shape index (κ1) is 12.1. The maximum absolute atomic E-state index is 9.73. The summed E-state index contributed by atoms with van der Waals surface area (Å²) in [5.41, 5.74) is -2.10. The van der Waals surface area contributed by atoms with Crippen LogP contribution in [0.2, 0.25) is 0 Å². The molecule has 0 aromatic heterocycles. The van der Waals surface area contributed by atoms with Crippen LogP contribution in [-0.2, 0) is 4.79 Å². The molecule has 2 N–H and O–H groups in total. The Morgan fingerprint density at radius 3 is 2.11 bits per heavy atom. The van der Waals surface area contributed by atoms with E-state index in [0.717, 1.165) is 6.92 Å². The van der Waals surface area contributed by atoms with Gasteiger partial charge in [0, 0.05) is 0 Å². The molecule has 5 heteroatoms. The number of carboxylic acids is 1. The number of aliphatic carboxylic acids is 1. The van der Waals surface area contributed by atoms with Crippen LogP contribution in [-0.4, -0.2) is 28.4 Å². The molecule has 1 atom stereocenters. The fraction of sp³-hybridized carbons (Fsp3) is 0.750. The molecule has 0 saturated heterocycles. The predicted octanol–water partition coefficient (Wildman–Crippen LogP) is -5.52. The molecule has 0 saturated carbocycles. The molecular weight excluding hydrogens is 135 g/mol. The van der Waals surface area contributed by atoms with E-state index in [1.807, 2.05) is 0 Å². The van der Waals surface area contributed by atoms with Gasteiger partial charge in [-0.1, -0.05) is 0 Å². The molecule has 0 bridgehead atoms. The van der Waals surface area contributed by atoms with Gasteiger partial charge in [-0.05, 0) is 6.92 Å². The molecule has 0 amide bonds. The summed E-state index contributed by atoms with van der Waals surface area (Å²) in [4.78, 5) is 9.73. The zero-order chi connectivity index (χ0) is 6.78. The second-order valence-electron chi connectivity index (χ2n) is 1.72. The fourth-order valence-corrected chi connectivity index (χ4v) is 0.0645. The topological polar surface area (TPSA) is 80.6 Å². The van der Waals surface area contributed by atoms with Gasteiger partial charge in [-0.25, -0.2) is 0 Å². The zero-order valence-corrected chi connectivity index (χ0v) is 7.42. The van der Waals surface area contributed by atoms with Gasteiger partial charge in [-0.3, -0.25) is 0 Å². The van der Waals surface area contributed by atoms with E-state index in [4.69, 9.17) is 10.2 Å². The standard InChI is InChI=1S/C4H8O4.Na/c1-4(8,2-5)3(6)7;/h5,8H,2H2,1H3,(H,6,7);/q;+1/p-1/t4-;/m1./s1. The summed E-state index contributed by atoms with van der Waals surface area (Å²) in [6.07, 6.45) is 0. The molecule has 0 aromatic carbocycles. The Balaban J connectivity index is 0. The van der Waals surface area contributed by atoms with Gasteiger partial charge < -0.3 is 20.1 Å². The van der Waals surface area contributed by atoms with Crippen molar-refractivity contribution < 1.29 is 49.7 Å². The molecule has 0 aliphatic heterocycles. The Morgan fingerprint density at radius 2 is 2.11 bits per heavy atom. The van der Waals surface area contributed by atoms with Crippen LogP contribution in [0, 0.1) is 0 Å². The van der Waals surface area contributed by atoms with Crippen LogP contribution in [0.3, 0.4) is 0 Å². The first-order chi connectivity index (χ1) is 3.50. The molecular formula is C4H7NaO4. The first-order valence-corrected chi connectivity index (χ1v) is 2.05. The first-order valence-electron chi connectivity index (χ1n) is 2.05. The quantitative estimate of drug-likeness (QED) is 0.377. The minimum absolute atomic E-state index is 0. The van der Waals surface area contributed by atoms with E-state index in [0.29, 0.717) is 0 Å². The van der Waals surface area contributed by atoms with E-state index in [9.17, 15) is 9.90 Å². The molecule has 0 radical (unpaired) electrons. The maximum Gasteiger partial charge on any atom is 1.00 e. The van der Waals surface area contributed by atoms with E-state index in [1.165, 1.54) is 0 Å². The van der Waals surface area contributed by atoms with Crippen molar-refractivity contribution >= 4 is 5.97 Å². The van der Waals surface area contributed by atoms with E-state index in [1.54, 1.807) is 0 Å². The number of rotatable bonds is 2. The molecule has 0 spiro atoms. The van der Waals surface area contributed by atoms with Crippen molar-refractivity contribution in [2.24, 2.45) is 0 Å². The molecule has 0 fully saturated rings. The van der Waals surface area contributed by atoms with Crippen LogP contribution in [0.25, 0.3) is 0 Å². The third kappa shape index (κ3) is 3.89. The van der Waals surface area contributed by atoms with Crippen LogP contribution < -0.4 is 34.7 Å². The number of carbonyl (C=O) groups is 1. The molecule has 4 nitrogen and oxygen atoms in total. The Kier molecular flexibility index (Phi) is 5.71. The second kappa shape index (κ2) is 4.24. The van der Waals surface area contributed by atoms with Gasteiger partial charge in [0.25, 0.3) is 0 Å². The molecule has 9 heavy (non-hydrogen) atoms. The fourth-order valence-electron chi connectivity index (χ4n) is 0.0645. The number of carbonyl (C=O) groups excluding carboxylic acids is 1. The Bertz CT molecular complexity index is 101. The van der Waals surface area contributed by atoms with Crippen molar-refractivity contribution in [2.75, 3.05) is 6.61 Å². The van der Waals surface area contributed by atoms with E-state index < -0.39 is 18.2 Å². The average Bonchev–Trinajstić information content (AvgIpc) is 1.67. The van der Waals surface area contributed by atoms with Crippen LogP contribution in [0.1, 0.15) is 6.92 Å². The van der Waals surface area contributed by atoms with E-state index in [2.05, 4.69) is 0 Å². The van der Waals surface area contributed by atoms with Gasteiger partial charge in [-0.15, -0.1) is 0 Å². The molecule has 0 rings (SSSR count). The largest absolute Gasteiger partial charge is 1.00 e. The third-order valence-corrected chi connectivity index (χ3v) is 0.748. The second-order valence-corrected chi connectivity index (χ2v) is 1.72. The minimum Gasteiger partial charge on any atom is -0.547 e. The summed E-state index contributed by atoms with van der Waals surface area (Å²) in [7, 11) is 0. The van der Waals surface area contributed by atoms with Crippen molar-refractivity contribution in [1.82, 2.24) is 0 Å². The zero-order valence-electron chi connectivity index (χ0n) is 5.42. The van der Waals surface area contributed by atoms with E-state index in [-0.39, 0.29) is 29.6 Å². The Morgan fingerprint density at radius 1 is 1.78 bits per heavy atom. The van der Waals surface area contributed by atoms with Crippen molar-refractivity contribution in [3.05, 3.63) is 0 Å². The molecule has 0 aliphatic carbocycles. The number of hydrogen-bond donors (Lipinski definition) is 2. The van der Waals surface area contributed by atoms with Gasteiger partial charge in [0.1, 0.15) is 5.60 Å². The van der Waals surface area contributed by atoms with Crippen LogP contribution in [0.15, 0.2) is 0 Å². The minimum atomic E-state index is -2.10. The SMILES string of the molecule is C[C@@](O)(CO)C(=O)[O-].[Na+]. The van der Waals surface area contributed by atoms with Crippen LogP contribution >= 0.6 is 0 Å². The summed E-state index contributed by atoms with van der Waals surface area (Å²) < 4.78 is 0. The number of aliphatic hydroxyl groups excluding tert-OH is 1. The van der Waals surface area contributed by atoms with Crippen molar-refractivity contribution in [1.29, 1.82) is 0 Å². The van der Waals surface area contributed by atoms with Gasteiger partial charge in [0.05, 0.1) is 12.6 Å². The molecule has 0 heterocycles. The monoisotopic (exact) mass is 142 g/mol. The molecule has 0 unspecified atom stereocenters. The summed E-state index contributed by atoms with van der Waals surface area (Å²) in [5, 5.41) is 26.3. The smallest absolute Gasteiger partial charge is 0.547 e. The van der Waals surface area contributed by atoms with E-state index >= 15 is 0 Å². The molecule has 0 aromatic rings. The Hall–Kier alpha value is 0.390. The third-order valence-electron chi connectivity index (χ3n) is 0.748. The average molecular weight is 142 g/mol. The van der Waals surface area contributed by atoms with Gasteiger partial charge in [0.15, 0.2) is 0 Å². The van der Waals surface area contributed by atoms with Gasteiger partial charge >= 0.3 is 29.6 Å². The summed E-state index contributed by atoms with van der Waals surface area (Å²) in [6.45, 7) is 0.137. The van der Waals surface area contributed by atoms with Crippen molar-refractivity contribution in [2.45, 2.75) is 12.5 Å². The maximum atomic E-state index is 9.73. The Labute approximate surface area is 74.8 Å². The number of aliphatic hydroxyl groups is 2. The number of hydrogen-bond acceptors (Lipinski definition) is 4.